The SMILES string of the molecule is COC(=O)c1ccccc1Nc1nc(-c2ccccc2)cc(N2CCCCC2)n1. The van der Waals surface area contributed by atoms with E-state index in [0.717, 1.165) is 30.2 Å². The lowest BCUT2D eigenvalue weighted by Gasteiger charge is -2.28. The molecule has 1 aromatic heterocycles. The Morgan fingerprint density at radius 2 is 1.69 bits per heavy atom. The highest BCUT2D eigenvalue weighted by Gasteiger charge is 2.17. The van der Waals surface area contributed by atoms with Crippen LogP contribution in [0.25, 0.3) is 11.3 Å². The lowest BCUT2D eigenvalue weighted by atomic mass is 10.1. The molecular weight excluding hydrogens is 364 g/mol. The maximum absolute atomic E-state index is 12.1. The number of benzene rings is 2. The Hall–Kier alpha value is -3.41. The van der Waals surface area contributed by atoms with Crippen LogP contribution in [-0.4, -0.2) is 36.1 Å². The molecule has 0 amide bonds. The summed E-state index contributed by atoms with van der Waals surface area (Å²) in [5.74, 6) is 0.962. The smallest absolute Gasteiger partial charge is 0.339 e. The van der Waals surface area contributed by atoms with Gasteiger partial charge in [-0.05, 0) is 31.4 Å². The molecule has 4 rings (SSSR count). The minimum Gasteiger partial charge on any atom is -0.465 e. The monoisotopic (exact) mass is 388 g/mol. The summed E-state index contributed by atoms with van der Waals surface area (Å²) in [6.07, 6.45) is 3.59. The number of nitrogens with zero attached hydrogens (tertiary/aromatic N) is 3. The van der Waals surface area contributed by atoms with Gasteiger partial charge < -0.3 is 15.0 Å². The van der Waals surface area contributed by atoms with Crippen LogP contribution in [0.3, 0.4) is 0 Å². The largest absolute Gasteiger partial charge is 0.465 e. The van der Waals surface area contributed by atoms with E-state index in [1.165, 1.54) is 26.4 Å². The van der Waals surface area contributed by atoms with Gasteiger partial charge in [0.15, 0.2) is 0 Å². The predicted octanol–water partition coefficient (Wildman–Crippen LogP) is 4.66. The first-order chi connectivity index (χ1) is 14.2. The first-order valence-electron chi connectivity index (χ1n) is 9.88. The van der Waals surface area contributed by atoms with Crippen molar-refractivity contribution in [3.05, 3.63) is 66.2 Å². The molecule has 0 atom stereocenters. The second-order valence-corrected chi connectivity index (χ2v) is 7.01. The molecule has 0 bridgehead atoms. The number of aromatic nitrogens is 2. The van der Waals surface area contributed by atoms with Gasteiger partial charge in [0.05, 0.1) is 24.1 Å². The Morgan fingerprint density at radius 1 is 0.966 bits per heavy atom. The fourth-order valence-electron chi connectivity index (χ4n) is 3.53. The second kappa shape index (κ2) is 8.73. The summed E-state index contributed by atoms with van der Waals surface area (Å²) in [5.41, 5.74) is 2.94. The van der Waals surface area contributed by atoms with Crippen molar-refractivity contribution < 1.29 is 9.53 Å². The molecule has 2 aromatic carbocycles. The molecule has 1 N–H and O–H groups in total. The number of carbonyl (C=O) groups is 1. The van der Waals surface area contributed by atoms with Gasteiger partial charge in [-0.15, -0.1) is 0 Å². The topological polar surface area (TPSA) is 67.3 Å². The fraction of sp³-hybridized carbons (Fsp3) is 0.261. The van der Waals surface area contributed by atoms with Crippen molar-refractivity contribution in [3.63, 3.8) is 0 Å². The van der Waals surface area contributed by atoms with E-state index in [1.807, 2.05) is 48.5 Å². The molecule has 0 aliphatic carbocycles. The molecule has 2 heterocycles. The van der Waals surface area contributed by atoms with Crippen LogP contribution in [0.2, 0.25) is 0 Å². The molecular formula is C23H24N4O2. The number of para-hydroxylation sites is 1. The summed E-state index contributed by atoms with van der Waals surface area (Å²) >= 11 is 0. The van der Waals surface area contributed by atoms with E-state index in [1.54, 1.807) is 12.1 Å². The van der Waals surface area contributed by atoms with Crippen molar-refractivity contribution in [1.82, 2.24) is 9.97 Å². The molecule has 1 fully saturated rings. The van der Waals surface area contributed by atoms with E-state index in [-0.39, 0.29) is 0 Å². The maximum atomic E-state index is 12.1. The predicted molar refractivity (Wildman–Crippen MR) is 115 cm³/mol. The average molecular weight is 388 g/mol. The molecule has 1 aliphatic rings. The number of esters is 1. The van der Waals surface area contributed by atoms with Crippen LogP contribution < -0.4 is 10.2 Å². The summed E-state index contributed by atoms with van der Waals surface area (Å²) in [6.45, 7) is 1.98. The molecule has 6 nitrogen and oxygen atoms in total. The van der Waals surface area contributed by atoms with Crippen LogP contribution >= 0.6 is 0 Å². The van der Waals surface area contributed by atoms with Gasteiger partial charge in [0, 0.05) is 24.7 Å². The van der Waals surface area contributed by atoms with Crippen molar-refractivity contribution in [2.24, 2.45) is 0 Å². The van der Waals surface area contributed by atoms with Gasteiger partial charge in [-0.25, -0.2) is 9.78 Å². The Labute approximate surface area is 170 Å². The molecule has 3 aromatic rings. The van der Waals surface area contributed by atoms with Crippen molar-refractivity contribution in [2.45, 2.75) is 19.3 Å². The van der Waals surface area contributed by atoms with Gasteiger partial charge >= 0.3 is 5.97 Å². The number of anilines is 3. The fourth-order valence-corrected chi connectivity index (χ4v) is 3.53. The zero-order valence-electron chi connectivity index (χ0n) is 16.5. The van der Waals surface area contributed by atoms with Gasteiger partial charge in [0.1, 0.15) is 5.82 Å². The first kappa shape index (κ1) is 18.9. The summed E-state index contributed by atoms with van der Waals surface area (Å²) in [4.78, 5) is 23.9. The highest BCUT2D eigenvalue weighted by Crippen LogP contribution is 2.27. The number of carbonyl (C=O) groups excluding carboxylic acids is 1. The molecule has 0 radical (unpaired) electrons. The van der Waals surface area contributed by atoms with Gasteiger partial charge in [-0.3, -0.25) is 0 Å². The number of nitrogens with one attached hydrogen (secondary N) is 1. The quantitative estimate of drug-likeness (QED) is 0.641. The molecule has 1 saturated heterocycles. The zero-order chi connectivity index (χ0) is 20.1. The minimum atomic E-state index is -0.399. The standard InChI is InChI=1S/C23H24N4O2/c1-29-22(28)18-12-6-7-13-19(18)24-23-25-20(17-10-4-2-5-11-17)16-21(26-23)27-14-8-3-9-15-27/h2,4-7,10-13,16H,3,8-9,14-15H2,1H3,(H,24,25,26). The van der Waals surface area contributed by atoms with Crippen molar-refractivity contribution in [3.8, 4) is 11.3 Å². The Bertz CT molecular complexity index is 985. The lowest BCUT2D eigenvalue weighted by Crippen LogP contribution is -2.30. The van der Waals surface area contributed by atoms with Crippen LogP contribution in [0.4, 0.5) is 17.5 Å². The number of methoxy groups -OCH3 is 1. The summed E-state index contributed by atoms with van der Waals surface area (Å²) in [5, 5.41) is 3.23. The van der Waals surface area contributed by atoms with Crippen LogP contribution in [0.5, 0.6) is 0 Å². The third kappa shape index (κ3) is 4.37. The number of rotatable bonds is 5. The van der Waals surface area contributed by atoms with Gasteiger partial charge in [0.25, 0.3) is 0 Å². The third-order valence-corrected chi connectivity index (χ3v) is 5.04. The first-order valence-corrected chi connectivity index (χ1v) is 9.88. The Balaban J connectivity index is 1.74. The zero-order valence-corrected chi connectivity index (χ0v) is 16.5. The molecule has 29 heavy (non-hydrogen) atoms. The van der Waals surface area contributed by atoms with E-state index < -0.39 is 5.97 Å². The molecule has 1 aliphatic heterocycles. The normalized spacial score (nSPS) is 13.8. The Kier molecular flexibility index (Phi) is 5.70. The van der Waals surface area contributed by atoms with Gasteiger partial charge in [-0.1, -0.05) is 42.5 Å². The highest BCUT2D eigenvalue weighted by molar-refractivity contribution is 5.96. The molecule has 0 spiro atoms. The molecule has 6 heteroatoms. The van der Waals surface area contributed by atoms with Crippen LogP contribution in [0, 0.1) is 0 Å². The summed E-state index contributed by atoms with van der Waals surface area (Å²) in [6, 6.07) is 19.3. The van der Waals surface area contributed by atoms with Crippen LogP contribution in [0.1, 0.15) is 29.6 Å². The average Bonchev–Trinajstić information content (AvgIpc) is 2.80. The number of piperidine rings is 1. The van der Waals surface area contributed by atoms with Gasteiger partial charge in [-0.2, -0.15) is 4.98 Å². The number of hydrogen-bond acceptors (Lipinski definition) is 6. The summed E-state index contributed by atoms with van der Waals surface area (Å²) < 4.78 is 4.90. The lowest BCUT2D eigenvalue weighted by molar-refractivity contribution is 0.0602. The minimum absolute atomic E-state index is 0.399. The number of hydrogen-bond donors (Lipinski definition) is 1. The molecule has 0 unspecified atom stereocenters. The van der Waals surface area contributed by atoms with E-state index in [2.05, 4.69) is 10.2 Å². The van der Waals surface area contributed by atoms with Crippen molar-refractivity contribution in [1.29, 1.82) is 0 Å². The number of ether oxygens (including phenoxy) is 1. The third-order valence-electron chi connectivity index (χ3n) is 5.04. The van der Waals surface area contributed by atoms with Crippen LogP contribution in [-0.2, 0) is 4.74 Å². The van der Waals surface area contributed by atoms with E-state index in [9.17, 15) is 4.79 Å². The van der Waals surface area contributed by atoms with Crippen molar-refractivity contribution in [2.75, 3.05) is 30.4 Å². The van der Waals surface area contributed by atoms with Crippen molar-refractivity contribution >= 4 is 23.4 Å². The Morgan fingerprint density at radius 3 is 2.45 bits per heavy atom. The molecule has 0 saturated carbocycles. The van der Waals surface area contributed by atoms with Gasteiger partial charge in [0.2, 0.25) is 5.95 Å². The van der Waals surface area contributed by atoms with E-state index >= 15 is 0 Å². The second-order valence-electron chi connectivity index (χ2n) is 7.01. The summed E-state index contributed by atoms with van der Waals surface area (Å²) in [7, 11) is 1.38. The van der Waals surface area contributed by atoms with E-state index in [0.29, 0.717) is 17.2 Å². The maximum Gasteiger partial charge on any atom is 0.339 e. The van der Waals surface area contributed by atoms with Crippen LogP contribution in [0.15, 0.2) is 60.7 Å². The van der Waals surface area contributed by atoms with E-state index in [4.69, 9.17) is 14.7 Å². The highest BCUT2D eigenvalue weighted by atomic mass is 16.5. The molecule has 148 valence electrons.